The van der Waals surface area contributed by atoms with E-state index in [2.05, 4.69) is 50.3 Å². The third kappa shape index (κ3) is 3.56. The Morgan fingerprint density at radius 2 is 2.12 bits per heavy atom. The van der Waals surface area contributed by atoms with Crippen LogP contribution in [0, 0.1) is 12.3 Å². The Labute approximate surface area is 103 Å². The maximum absolute atomic E-state index is 4.56. The molecule has 1 rings (SSSR count). The molecule has 1 unspecified atom stereocenters. The Balaban J connectivity index is 2.71. The minimum Gasteiger partial charge on any atom is -0.313 e. The normalized spacial score (nSPS) is 14.1. The minimum atomic E-state index is 0.327. The van der Waals surface area contributed by atoms with E-state index in [-0.39, 0.29) is 0 Å². The molecule has 0 saturated carbocycles. The summed E-state index contributed by atoms with van der Waals surface area (Å²) in [4.78, 5) is 4.56. The number of nitrogens with one attached hydrogen (secondary N) is 1. The molecule has 1 aromatic rings. The zero-order valence-electron chi connectivity index (χ0n) is 11.1. The Kier molecular flexibility index (Phi) is 4.93. The third-order valence-electron chi connectivity index (χ3n) is 3.38. The van der Waals surface area contributed by atoms with E-state index in [9.17, 15) is 0 Å². The lowest BCUT2D eigenvalue weighted by Gasteiger charge is -2.33. The molecular formula is C13H24N2S. The molecule has 0 bridgehead atoms. The van der Waals surface area contributed by atoms with Crippen LogP contribution in [-0.4, -0.2) is 17.6 Å². The number of aromatic nitrogens is 1. The highest BCUT2D eigenvalue weighted by Gasteiger charge is 2.27. The predicted molar refractivity (Wildman–Crippen MR) is 72.1 cm³/mol. The SMILES string of the molecule is CCNC(Cc1csc(C)n1)C(C)(C)CC. The maximum atomic E-state index is 4.56. The van der Waals surface area contributed by atoms with Gasteiger partial charge in [-0.3, -0.25) is 0 Å². The number of rotatable bonds is 6. The van der Waals surface area contributed by atoms with Gasteiger partial charge < -0.3 is 5.32 Å². The van der Waals surface area contributed by atoms with Gasteiger partial charge in [-0.25, -0.2) is 4.98 Å². The molecule has 16 heavy (non-hydrogen) atoms. The summed E-state index contributed by atoms with van der Waals surface area (Å²) in [6.07, 6.45) is 2.23. The topological polar surface area (TPSA) is 24.9 Å². The van der Waals surface area contributed by atoms with Crippen LogP contribution in [0.2, 0.25) is 0 Å². The van der Waals surface area contributed by atoms with Crippen molar-refractivity contribution in [1.29, 1.82) is 0 Å². The van der Waals surface area contributed by atoms with E-state index in [4.69, 9.17) is 0 Å². The van der Waals surface area contributed by atoms with Gasteiger partial charge >= 0.3 is 0 Å². The fraction of sp³-hybridized carbons (Fsp3) is 0.769. The lowest BCUT2D eigenvalue weighted by Crippen LogP contribution is -2.43. The highest BCUT2D eigenvalue weighted by Crippen LogP contribution is 2.27. The van der Waals surface area contributed by atoms with Crippen LogP contribution < -0.4 is 5.32 Å². The Morgan fingerprint density at radius 1 is 1.44 bits per heavy atom. The Bertz CT molecular complexity index is 317. The molecule has 0 aliphatic carbocycles. The van der Waals surface area contributed by atoms with Gasteiger partial charge in [-0.15, -0.1) is 11.3 Å². The van der Waals surface area contributed by atoms with E-state index < -0.39 is 0 Å². The molecule has 0 aromatic carbocycles. The molecule has 0 aliphatic rings. The summed E-state index contributed by atoms with van der Waals surface area (Å²) in [5.41, 5.74) is 1.56. The zero-order chi connectivity index (χ0) is 12.2. The molecule has 0 fully saturated rings. The summed E-state index contributed by atoms with van der Waals surface area (Å²) in [5, 5.41) is 6.95. The van der Waals surface area contributed by atoms with Crippen LogP contribution in [0.25, 0.3) is 0 Å². The molecular weight excluding hydrogens is 216 g/mol. The Hall–Kier alpha value is -0.410. The number of hydrogen-bond donors (Lipinski definition) is 1. The van der Waals surface area contributed by atoms with E-state index in [0.29, 0.717) is 11.5 Å². The molecule has 2 nitrogen and oxygen atoms in total. The molecule has 1 N–H and O–H groups in total. The number of nitrogens with zero attached hydrogens (tertiary/aromatic N) is 1. The van der Waals surface area contributed by atoms with Crippen LogP contribution in [0.3, 0.4) is 0 Å². The summed E-state index contributed by atoms with van der Waals surface area (Å²) < 4.78 is 0. The zero-order valence-corrected chi connectivity index (χ0v) is 11.9. The van der Waals surface area contributed by atoms with Gasteiger partial charge in [-0.05, 0) is 25.3 Å². The first-order chi connectivity index (χ1) is 7.49. The van der Waals surface area contributed by atoms with Gasteiger partial charge in [0.25, 0.3) is 0 Å². The van der Waals surface area contributed by atoms with Crippen LogP contribution in [0.15, 0.2) is 5.38 Å². The van der Waals surface area contributed by atoms with Gasteiger partial charge in [0.1, 0.15) is 0 Å². The van der Waals surface area contributed by atoms with Gasteiger partial charge in [0.2, 0.25) is 0 Å². The summed E-state index contributed by atoms with van der Waals surface area (Å²) in [6, 6.07) is 0.518. The second-order valence-electron chi connectivity index (χ2n) is 5.01. The van der Waals surface area contributed by atoms with E-state index in [1.54, 1.807) is 11.3 Å². The summed E-state index contributed by atoms with van der Waals surface area (Å²) in [7, 11) is 0. The van der Waals surface area contributed by atoms with Crippen molar-refractivity contribution in [2.45, 2.75) is 53.5 Å². The maximum Gasteiger partial charge on any atom is 0.0897 e. The summed E-state index contributed by atoms with van der Waals surface area (Å²) in [6.45, 7) is 12.2. The van der Waals surface area contributed by atoms with E-state index >= 15 is 0 Å². The minimum absolute atomic E-state index is 0.327. The summed E-state index contributed by atoms with van der Waals surface area (Å²) in [5.74, 6) is 0. The molecule has 92 valence electrons. The second kappa shape index (κ2) is 5.78. The first-order valence-corrected chi connectivity index (χ1v) is 7.02. The van der Waals surface area contributed by atoms with E-state index in [0.717, 1.165) is 13.0 Å². The van der Waals surface area contributed by atoms with Crippen LogP contribution in [0.4, 0.5) is 0 Å². The molecule has 1 heterocycles. The van der Waals surface area contributed by atoms with Crippen LogP contribution in [0.1, 0.15) is 44.8 Å². The molecule has 1 atom stereocenters. The van der Waals surface area contributed by atoms with Crippen LogP contribution >= 0.6 is 11.3 Å². The van der Waals surface area contributed by atoms with Crippen molar-refractivity contribution in [3.8, 4) is 0 Å². The van der Waals surface area contributed by atoms with E-state index in [1.807, 2.05) is 0 Å². The lowest BCUT2D eigenvalue weighted by molar-refractivity contribution is 0.231. The highest BCUT2D eigenvalue weighted by molar-refractivity contribution is 7.09. The fourth-order valence-electron chi connectivity index (χ4n) is 1.83. The van der Waals surface area contributed by atoms with Crippen molar-refractivity contribution < 1.29 is 0 Å². The molecule has 0 radical (unpaired) electrons. The van der Waals surface area contributed by atoms with Gasteiger partial charge in [-0.2, -0.15) is 0 Å². The van der Waals surface area contributed by atoms with Gasteiger partial charge in [-0.1, -0.05) is 27.7 Å². The number of likely N-dealkylation sites (N-methyl/N-ethyl adjacent to an activating group) is 1. The average Bonchev–Trinajstić information content (AvgIpc) is 2.63. The third-order valence-corrected chi connectivity index (χ3v) is 4.21. The van der Waals surface area contributed by atoms with Gasteiger partial charge in [0, 0.05) is 17.8 Å². The van der Waals surface area contributed by atoms with Crippen LogP contribution in [-0.2, 0) is 6.42 Å². The fourth-order valence-corrected chi connectivity index (χ4v) is 2.45. The van der Waals surface area contributed by atoms with Crippen molar-refractivity contribution in [2.24, 2.45) is 5.41 Å². The van der Waals surface area contributed by atoms with Crippen molar-refractivity contribution >= 4 is 11.3 Å². The molecule has 3 heteroatoms. The number of hydrogen-bond acceptors (Lipinski definition) is 3. The highest BCUT2D eigenvalue weighted by atomic mass is 32.1. The quantitative estimate of drug-likeness (QED) is 0.824. The number of thiazole rings is 1. The molecule has 0 amide bonds. The van der Waals surface area contributed by atoms with Gasteiger partial charge in [0.15, 0.2) is 0 Å². The molecule has 0 aliphatic heterocycles. The molecule has 1 aromatic heterocycles. The first kappa shape index (κ1) is 13.7. The summed E-state index contributed by atoms with van der Waals surface area (Å²) >= 11 is 1.74. The van der Waals surface area contributed by atoms with Crippen LogP contribution in [0.5, 0.6) is 0 Å². The van der Waals surface area contributed by atoms with E-state index in [1.165, 1.54) is 17.1 Å². The number of aryl methyl sites for hydroxylation is 1. The largest absolute Gasteiger partial charge is 0.313 e. The lowest BCUT2D eigenvalue weighted by atomic mass is 9.79. The first-order valence-electron chi connectivity index (χ1n) is 6.14. The molecule has 0 spiro atoms. The van der Waals surface area contributed by atoms with Crippen molar-refractivity contribution in [3.05, 3.63) is 16.1 Å². The molecule has 0 saturated heterocycles. The monoisotopic (exact) mass is 240 g/mol. The Morgan fingerprint density at radius 3 is 2.56 bits per heavy atom. The smallest absolute Gasteiger partial charge is 0.0897 e. The second-order valence-corrected chi connectivity index (χ2v) is 6.08. The average molecular weight is 240 g/mol. The predicted octanol–water partition coefficient (Wildman–Crippen LogP) is 3.41. The van der Waals surface area contributed by atoms with Crippen molar-refractivity contribution in [2.75, 3.05) is 6.54 Å². The van der Waals surface area contributed by atoms with Crippen molar-refractivity contribution in [3.63, 3.8) is 0 Å². The standard InChI is InChI=1S/C13H24N2S/c1-6-13(4,5)12(14-7-2)8-11-9-16-10(3)15-11/h9,12,14H,6-8H2,1-5H3. The van der Waals surface area contributed by atoms with Gasteiger partial charge in [0.05, 0.1) is 10.7 Å². The van der Waals surface area contributed by atoms with Crippen molar-refractivity contribution in [1.82, 2.24) is 10.3 Å².